The molecule has 0 spiro atoms. The Morgan fingerprint density at radius 3 is 2.73 bits per heavy atom. The number of likely N-dealkylation sites (N-methyl/N-ethyl adjacent to an activating group) is 1. The number of rotatable bonds is 5. The highest BCUT2D eigenvalue weighted by atomic mass is 35.5. The summed E-state index contributed by atoms with van der Waals surface area (Å²) >= 11 is 6.16. The van der Waals surface area contributed by atoms with Crippen molar-refractivity contribution >= 4 is 40.1 Å². The highest BCUT2D eigenvalue weighted by molar-refractivity contribution is 6.34. The van der Waals surface area contributed by atoms with Gasteiger partial charge < -0.3 is 15.2 Å². The Hall–Kier alpha value is -2.86. The topological polar surface area (TPSA) is 78.1 Å². The molecule has 0 unspecified atom stereocenters. The number of anilines is 1. The average Bonchev–Trinajstić information content (AvgIpc) is 3.03. The van der Waals surface area contributed by atoms with E-state index < -0.39 is 0 Å². The van der Waals surface area contributed by atoms with Crippen LogP contribution in [0.5, 0.6) is 0 Å². The summed E-state index contributed by atoms with van der Waals surface area (Å²) in [7, 11) is 1.71. The fraction of sp³-hybridized carbons (Fsp3) is 0.211. The van der Waals surface area contributed by atoms with Gasteiger partial charge in [0.1, 0.15) is 5.82 Å². The fourth-order valence-corrected chi connectivity index (χ4v) is 2.87. The van der Waals surface area contributed by atoms with Crippen LogP contribution >= 0.6 is 11.6 Å². The lowest BCUT2D eigenvalue weighted by atomic mass is 10.1. The molecule has 0 bridgehead atoms. The quantitative estimate of drug-likeness (QED) is 0.721. The van der Waals surface area contributed by atoms with Gasteiger partial charge in [0.2, 0.25) is 5.91 Å². The molecule has 7 heteroatoms. The predicted molar refractivity (Wildman–Crippen MR) is 103 cm³/mol. The lowest BCUT2D eigenvalue weighted by Gasteiger charge is -2.18. The zero-order valence-corrected chi connectivity index (χ0v) is 15.3. The van der Waals surface area contributed by atoms with Crippen molar-refractivity contribution in [1.82, 2.24) is 14.9 Å². The van der Waals surface area contributed by atoms with E-state index in [1.54, 1.807) is 30.1 Å². The zero-order chi connectivity index (χ0) is 18.7. The average molecular weight is 371 g/mol. The number of carbonyl (C=O) groups is 2. The van der Waals surface area contributed by atoms with E-state index >= 15 is 0 Å². The van der Waals surface area contributed by atoms with Gasteiger partial charge in [-0.2, -0.15) is 0 Å². The number of para-hydroxylation sites is 2. The Morgan fingerprint density at radius 1 is 1.23 bits per heavy atom. The largest absolute Gasteiger partial charge is 0.342 e. The van der Waals surface area contributed by atoms with Gasteiger partial charge in [-0.25, -0.2) is 4.98 Å². The van der Waals surface area contributed by atoms with Crippen molar-refractivity contribution < 1.29 is 9.59 Å². The molecule has 0 fully saturated rings. The van der Waals surface area contributed by atoms with Crippen LogP contribution in [0.3, 0.4) is 0 Å². The first-order chi connectivity index (χ1) is 12.4. The number of aromatic amines is 1. The molecule has 0 atom stereocenters. The third-order valence-electron chi connectivity index (χ3n) is 3.99. The summed E-state index contributed by atoms with van der Waals surface area (Å²) in [5.41, 5.74) is 2.77. The Morgan fingerprint density at radius 2 is 2.00 bits per heavy atom. The number of amides is 2. The van der Waals surface area contributed by atoms with Crippen molar-refractivity contribution in [3.8, 4) is 0 Å². The fourth-order valence-electron chi connectivity index (χ4n) is 2.68. The van der Waals surface area contributed by atoms with Crippen LogP contribution in [0.15, 0.2) is 42.5 Å². The number of hydrogen-bond acceptors (Lipinski definition) is 3. The molecule has 0 aliphatic carbocycles. The number of nitrogens with one attached hydrogen (secondary N) is 2. The molecule has 3 rings (SSSR count). The molecule has 0 saturated carbocycles. The third kappa shape index (κ3) is 4.03. The smallest absolute Gasteiger partial charge is 0.255 e. The number of H-pyrrole nitrogens is 1. The van der Waals surface area contributed by atoms with E-state index in [-0.39, 0.29) is 11.8 Å². The number of benzene rings is 2. The monoisotopic (exact) mass is 370 g/mol. The first-order valence-corrected chi connectivity index (χ1v) is 8.58. The summed E-state index contributed by atoms with van der Waals surface area (Å²) in [6.45, 7) is 1.90. The van der Waals surface area contributed by atoms with Crippen LogP contribution in [-0.2, 0) is 11.2 Å². The van der Waals surface area contributed by atoms with Gasteiger partial charge >= 0.3 is 0 Å². The molecule has 2 N–H and O–H groups in total. The standard InChI is InChI=1S/C19H19ClN4O2/c1-12(25)21-13-7-8-15(20)14(11-13)19(26)24(2)10-9-18-22-16-5-3-4-6-17(16)23-18/h3-8,11H,9-10H2,1-2H3,(H,21,25)(H,22,23). The SMILES string of the molecule is CC(=O)Nc1ccc(Cl)c(C(=O)N(C)CCc2nc3ccccc3[nH]2)c1. The van der Waals surface area contributed by atoms with Crippen LogP contribution < -0.4 is 5.32 Å². The first-order valence-electron chi connectivity index (χ1n) is 8.20. The van der Waals surface area contributed by atoms with Crippen molar-refractivity contribution in [3.05, 3.63) is 58.9 Å². The van der Waals surface area contributed by atoms with Crippen molar-refractivity contribution in [2.45, 2.75) is 13.3 Å². The number of carbonyl (C=O) groups excluding carboxylic acids is 2. The van der Waals surface area contributed by atoms with Crippen LogP contribution in [0.1, 0.15) is 23.1 Å². The molecule has 1 aromatic heterocycles. The van der Waals surface area contributed by atoms with Gasteiger partial charge in [0.15, 0.2) is 0 Å². The molecular formula is C19H19ClN4O2. The highest BCUT2D eigenvalue weighted by Gasteiger charge is 2.16. The number of aromatic nitrogens is 2. The van der Waals surface area contributed by atoms with E-state index in [9.17, 15) is 9.59 Å². The van der Waals surface area contributed by atoms with E-state index in [0.29, 0.717) is 29.2 Å². The van der Waals surface area contributed by atoms with Crippen LogP contribution in [0.4, 0.5) is 5.69 Å². The summed E-state index contributed by atoms with van der Waals surface area (Å²) in [5.74, 6) is 0.409. The van der Waals surface area contributed by atoms with Crippen LogP contribution in [-0.4, -0.2) is 40.3 Å². The minimum Gasteiger partial charge on any atom is -0.342 e. The normalized spacial score (nSPS) is 10.7. The Balaban J connectivity index is 1.70. The second kappa shape index (κ2) is 7.58. The van der Waals surface area contributed by atoms with Crippen LogP contribution in [0, 0.1) is 0 Å². The summed E-state index contributed by atoms with van der Waals surface area (Å²) in [6.07, 6.45) is 0.597. The van der Waals surface area contributed by atoms with Gasteiger partial charge in [-0.3, -0.25) is 9.59 Å². The zero-order valence-electron chi connectivity index (χ0n) is 14.5. The number of nitrogens with zero attached hydrogens (tertiary/aromatic N) is 2. The molecule has 134 valence electrons. The highest BCUT2D eigenvalue weighted by Crippen LogP contribution is 2.22. The second-order valence-corrected chi connectivity index (χ2v) is 6.46. The van der Waals surface area contributed by atoms with Crippen LogP contribution in [0.2, 0.25) is 5.02 Å². The molecule has 3 aromatic rings. The van der Waals surface area contributed by atoms with E-state index in [0.717, 1.165) is 16.9 Å². The molecule has 6 nitrogen and oxygen atoms in total. The maximum absolute atomic E-state index is 12.7. The van der Waals surface area contributed by atoms with Gasteiger partial charge in [-0.1, -0.05) is 23.7 Å². The maximum Gasteiger partial charge on any atom is 0.255 e. The number of hydrogen-bond donors (Lipinski definition) is 2. The van der Waals surface area contributed by atoms with E-state index in [1.165, 1.54) is 6.92 Å². The number of imidazole rings is 1. The third-order valence-corrected chi connectivity index (χ3v) is 4.32. The Bertz CT molecular complexity index is 934. The predicted octanol–water partition coefficient (Wildman–Crippen LogP) is 3.49. The Labute approximate surface area is 156 Å². The molecule has 0 aliphatic rings. The van der Waals surface area contributed by atoms with Gasteiger partial charge in [-0.15, -0.1) is 0 Å². The second-order valence-electron chi connectivity index (χ2n) is 6.05. The molecular weight excluding hydrogens is 352 g/mol. The molecule has 1 heterocycles. The number of halogens is 1. The van der Waals surface area contributed by atoms with E-state index in [4.69, 9.17) is 11.6 Å². The van der Waals surface area contributed by atoms with Crippen molar-refractivity contribution in [2.75, 3.05) is 18.9 Å². The minimum absolute atomic E-state index is 0.205. The first kappa shape index (κ1) is 17.9. The van der Waals surface area contributed by atoms with E-state index in [1.807, 2.05) is 24.3 Å². The maximum atomic E-state index is 12.7. The van der Waals surface area contributed by atoms with Crippen molar-refractivity contribution in [3.63, 3.8) is 0 Å². The van der Waals surface area contributed by atoms with Crippen molar-refractivity contribution in [2.24, 2.45) is 0 Å². The Kier molecular flexibility index (Phi) is 5.23. The van der Waals surface area contributed by atoms with Gasteiger partial charge in [-0.05, 0) is 30.3 Å². The molecule has 0 aliphatic heterocycles. The lowest BCUT2D eigenvalue weighted by molar-refractivity contribution is -0.114. The van der Waals surface area contributed by atoms with Gasteiger partial charge in [0, 0.05) is 32.6 Å². The minimum atomic E-state index is -0.210. The molecule has 2 amide bonds. The summed E-state index contributed by atoms with van der Waals surface area (Å²) in [6, 6.07) is 12.6. The number of fused-ring (bicyclic) bond motifs is 1. The van der Waals surface area contributed by atoms with Crippen LogP contribution in [0.25, 0.3) is 11.0 Å². The van der Waals surface area contributed by atoms with Gasteiger partial charge in [0.25, 0.3) is 5.91 Å². The molecule has 26 heavy (non-hydrogen) atoms. The molecule has 0 saturated heterocycles. The molecule has 2 aromatic carbocycles. The summed E-state index contributed by atoms with van der Waals surface area (Å²) < 4.78 is 0. The van der Waals surface area contributed by atoms with Crippen molar-refractivity contribution in [1.29, 1.82) is 0 Å². The summed E-state index contributed by atoms with van der Waals surface area (Å²) in [4.78, 5) is 33.2. The van der Waals surface area contributed by atoms with Gasteiger partial charge in [0.05, 0.1) is 21.6 Å². The van der Waals surface area contributed by atoms with E-state index in [2.05, 4.69) is 15.3 Å². The lowest BCUT2D eigenvalue weighted by Crippen LogP contribution is -2.29. The summed E-state index contributed by atoms with van der Waals surface area (Å²) in [5, 5.41) is 3.00. The molecule has 0 radical (unpaired) electrons.